The molecule has 12 nitrogen and oxygen atoms in total. The largest absolute Gasteiger partial charge is 0.379 e. The van der Waals surface area contributed by atoms with Crippen LogP contribution in [0, 0.1) is 17.8 Å². The lowest BCUT2D eigenvalue weighted by Gasteiger charge is -2.41. The first kappa shape index (κ1) is 44.0. The summed E-state index contributed by atoms with van der Waals surface area (Å²) in [5.74, 6) is -1.52. The predicted octanol–water partition coefficient (Wildman–Crippen LogP) is 4.60. The highest BCUT2D eigenvalue weighted by Crippen LogP contribution is 2.30. The Kier molecular flexibility index (Phi) is 16.9. The number of likely N-dealkylation sites (tertiary alicyclic amines) is 1. The minimum absolute atomic E-state index is 0.00885. The lowest BCUT2D eigenvalue weighted by Crippen LogP contribution is -2.61. The molecule has 53 heavy (non-hydrogen) atoms. The normalized spacial score (nSPS) is 18.8. The Morgan fingerprint density at radius 1 is 1.06 bits per heavy atom. The van der Waals surface area contributed by atoms with Crippen LogP contribution in [-0.4, -0.2) is 109 Å². The van der Waals surface area contributed by atoms with Crippen molar-refractivity contribution in [3.8, 4) is 0 Å². The summed E-state index contributed by atoms with van der Waals surface area (Å²) in [7, 11) is 6.61. The van der Waals surface area contributed by atoms with Gasteiger partial charge in [0.2, 0.25) is 23.6 Å². The van der Waals surface area contributed by atoms with Gasteiger partial charge in [-0.3, -0.25) is 19.2 Å². The fraction of sp³-hybridized carbons (Fsp3) is 0.675. The number of methoxy groups -OCH3 is 2. The molecule has 4 amide bonds. The number of nitrogens with one attached hydrogen (secondary N) is 3. The Morgan fingerprint density at radius 3 is 2.28 bits per heavy atom. The molecule has 296 valence electrons. The maximum atomic E-state index is 14.2. The fourth-order valence-electron chi connectivity index (χ4n) is 7.23. The Morgan fingerprint density at radius 2 is 1.74 bits per heavy atom. The monoisotopic (exact) mass is 756 g/mol. The van der Waals surface area contributed by atoms with Gasteiger partial charge in [-0.15, -0.1) is 11.3 Å². The molecular formula is C40H64N6O6S. The summed E-state index contributed by atoms with van der Waals surface area (Å²) in [5, 5.41) is 11.9. The average molecular weight is 757 g/mol. The number of hydrogen-bond donors (Lipinski definition) is 3. The minimum atomic E-state index is -0.862. The van der Waals surface area contributed by atoms with E-state index in [-0.39, 0.29) is 54.0 Å². The molecule has 0 radical (unpaired) electrons. The summed E-state index contributed by atoms with van der Waals surface area (Å²) >= 11 is 1.50. The van der Waals surface area contributed by atoms with E-state index in [1.807, 2.05) is 68.3 Å². The molecule has 0 spiro atoms. The van der Waals surface area contributed by atoms with Gasteiger partial charge in [0.25, 0.3) is 0 Å². The van der Waals surface area contributed by atoms with Crippen molar-refractivity contribution in [2.45, 2.75) is 122 Å². The first-order valence-corrected chi connectivity index (χ1v) is 19.8. The van der Waals surface area contributed by atoms with Gasteiger partial charge in [0.15, 0.2) is 0 Å². The SMILES string of the molecule is CC[C@H](C)[C@@H](C(CC(=O)N1CCC[C@H]1[C@H](OC)[C@@H](C)C(=O)N[C@@H](Cc1ccccc1)c1nccs1)OC)N(C)C(=O)[C@@H](NC(=O)C(C)(C)NC)C(C)C. The Labute approximate surface area is 321 Å². The van der Waals surface area contributed by atoms with Crippen LogP contribution in [0.4, 0.5) is 0 Å². The van der Waals surface area contributed by atoms with Crippen molar-refractivity contribution in [1.82, 2.24) is 30.7 Å². The van der Waals surface area contributed by atoms with Gasteiger partial charge in [-0.05, 0) is 57.6 Å². The number of carbonyl (C=O) groups excluding carboxylic acids is 4. The van der Waals surface area contributed by atoms with Gasteiger partial charge in [-0.25, -0.2) is 4.98 Å². The van der Waals surface area contributed by atoms with Gasteiger partial charge in [0, 0.05) is 39.4 Å². The summed E-state index contributed by atoms with van der Waals surface area (Å²) in [6.45, 7) is 13.8. The predicted molar refractivity (Wildman–Crippen MR) is 209 cm³/mol. The molecule has 1 aliphatic rings. The zero-order valence-electron chi connectivity index (χ0n) is 33.7. The third kappa shape index (κ3) is 11.3. The molecule has 1 aliphatic heterocycles. The topological polar surface area (TPSA) is 142 Å². The van der Waals surface area contributed by atoms with E-state index in [0.29, 0.717) is 19.4 Å². The molecule has 0 bridgehead atoms. The Bertz CT molecular complexity index is 1460. The molecule has 3 N–H and O–H groups in total. The summed E-state index contributed by atoms with van der Waals surface area (Å²) in [4.78, 5) is 63.3. The van der Waals surface area contributed by atoms with E-state index in [1.54, 1.807) is 53.3 Å². The van der Waals surface area contributed by atoms with Gasteiger partial charge < -0.3 is 35.2 Å². The van der Waals surface area contributed by atoms with Crippen LogP contribution in [0.3, 0.4) is 0 Å². The highest BCUT2D eigenvalue weighted by Gasteiger charge is 2.43. The minimum Gasteiger partial charge on any atom is -0.379 e. The van der Waals surface area contributed by atoms with Crippen molar-refractivity contribution in [3.63, 3.8) is 0 Å². The van der Waals surface area contributed by atoms with Crippen LogP contribution in [-0.2, 0) is 35.1 Å². The third-order valence-electron chi connectivity index (χ3n) is 11.0. The zero-order chi connectivity index (χ0) is 39.5. The molecule has 13 heteroatoms. The van der Waals surface area contributed by atoms with Crippen molar-refractivity contribution in [1.29, 1.82) is 0 Å². The summed E-state index contributed by atoms with van der Waals surface area (Å²) in [6.07, 6.45) is 3.47. The molecule has 0 saturated carbocycles. The van der Waals surface area contributed by atoms with Gasteiger partial charge in [-0.1, -0.05) is 71.4 Å². The second kappa shape index (κ2) is 20.3. The van der Waals surface area contributed by atoms with E-state index in [1.165, 1.54) is 11.3 Å². The smallest absolute Gasteiger partial charge is 0.245 e. The number of benzene rings is 1. The number of ether oxygens (including phenoxy) is 2. The second-order valence-electron chi connectivity index (χ2n) is 15.3. The average Bonchev–Trinajstić information content (AvgIpc) is 3.87. The van der Waals surface area contributed by atoms with Crippen molar-refractivity contribution in [3.05, 3.63) is 52.5 Å². The molecular weight excluding hydrogens is 693 g/mol. The van der Waals surface area contributed by atoms with Crippen LogP contribution in [0.15, 0.2) is 41.9 Å². The number of amides is 4. The van der Waals surface area contributed by atoms with Crippen LogP contribution in [0.25, 0.3) is 0 Å². The van der Waals surface area contributed by atoms with Crippen LogP contribution in [0.2, 0.25) is 0 Å². The molecule has 8 atom stereocenters. The van der Waals surface area contributed by atoms with E-state index in [4.69, 9.17) is 9.47 Å². The highest BCUT2D eigenvalue weighted by atomic mass is 32.1. The molecule has 1 aromatic carbocycles. The molecule has 3 rings (SSSR count). The summed E-state index contributed by atoms with van der Waals surface area (Å²) in [5.41, 5.74) is 0.230. The van der Waals surface area contributed by atoms with Gasteiger partial charge in [-0.2, -0.15) is 0 Å². The van der Waals surface area contributed by atoms with Crippen LogP contribution >= 0.6 is 11.3 Å². The maximum Gasteiger partial charge on any atom is 0.245 e. The first-order valence-electron chi connectivity index (χ1n) is 19.0. The Balaban J connectivity index is 1.78. The van der Waals surface area contributed by atoms with E-state index in [2.05, 4.69) is 27.9 Å². The van der Waals surface area contributed by atoms with Crippen molar-refractivity contribution in [2.75, 3.05) is 34.9 Å². The lowest BCUT2D eigenvalue weighted by atomic mass is 9.89. The van der Waals surface area contributed by atoms with Gasteiger partial charge >= 0.3 is 0 Å². The van der Waals surface area contributed by atoms with E-state index >= 15 is 0 Å². The third-order valence-corrected chi connectivity index (χ3v) is 11.9. The number of hydrogen-bond acceptors (Lipinski definition) is 9. The van der Waals surface area contributed by atoms with Crippen LogP contribution < -0.4 is 16.0 Å². The van der Waals surface area contributed by atoms with Crippen LogP contribution in [0.1, 0.15) is 90.8 Å². The second-order valence-corrected chi connectivity index (χ2v) is 16.2. The molecule has 2 heterocycles. The van der Waals surface area contributed by atoms with Crippen molar-refractivity contribution >= 4 is 35.0 Å². The molecule has 1 unspecified atom stereocenters. The molecule has 1 fully saturated rings. The van der Waals surface area contributed by atoms with Gasteiger partial charge in [0.05, 0.1) is 48.2 Å². The van der Waals surface area contributed by atoms with Crippen molar-refractivity contribution in [2.24, 2.45) is 17.8 Å². The number of carbonyl (C=O) groups is 4. The number of rotatable bonds is 20. The van der Waals surface area contributed by atoms with E-state index in [0.717, 1.165) is 23.4 Å². The van der Waals surface area contributed by atoms with Crippen LogP contribution in [0.5, 0.6) is 0 Å². The number of thiazole rings is 1. The molecule has 1 aromatic heterocycles. The summed E-state index contributed by atoms with van der Waals surface area (Å²) < 4.78 is 12.0. The van der Waals surface area contributed by atoms with E-state index < -0.39 is 35.7 Å². The standard InChI is InChI=1S/C40H64N6O6S/c1-12-26(4)34(45(9)38(49)33(25(2)3)44-39(50)40(6,7)41-8)31(51-10)24-32(47)46-21-16-19-30(46)35(52-11)27(5)36(48)43-29(37-42-20-22-53-37)23-28-17-14-13-15-18-28/h13-15,17-18,20,22,25-27,29-31,33-35,41H,12,16,19,21,23-24H2,1-11H3,(H,43,48)(H,44,50)/t26-,27+,29-,30-,31?,33-,34-,35+/m0/s1. The highest BCUT2D eigenvalue weighted by molar-refractivity contribution is 7.09. The maximum absolute atomic E-state index is 14.2. The number of aromatic nitrogens is 1. The Hall–Kier alpha value is -3.39. The number of nitrogens with zero attached hydrogens (tertiary/aromatic N) is 3. The lowest BCUT2D eigenvalue weighted by molar-refractivity contribution is -0.148. The first-order chi connectivity index (χ1) is 25.1. The summed E-state index contributed by atoms with van der Waals surface area (Å²) in [6, 6.07) is 8.19. The molecule has 2 aromatic rings. The van der Waals surface area contributed by atoms with Gasteiger partial charge in [0.1, 0.15) is 11.0 Å². The molecule has 0 aliphatic carbocycles. The molecule has 1 saturated heterocycles. The fourth-order valence-corrected chi connectivity index (χ4v) is 7.92. The number of likely N-dealkylation sites (N-methyl/N-ethyl adjacent to an activating group) is 2. The zero-order valence-corrected chi connectivity index (χ0v) is 34.5. The quantitative estimate of drug-likeness (QED) is 0.178. The van der Waals surface area contributed by atoms with E-state index in [9.17, 15) is 19.2 Å². The van der Waals surface area contributed by atoms with Crippen molar-refractivity contribution < 1.29 is 28.7 Å².